The second kappa shape index (κ2) is 6.70. The van der Waals surface area contributed by atoms with Crippen LogP contribution in [0.2, 0.25) is 5.02 Å². The number of fused-ring (bicyclic) bond motifs is 1. The zero-order chi connectivity index (χ0) is 18.3. The molecule has 6 nitrogen and oxygen atoms in total. The number of aryl methyl sites for hydroxylation is 1. The summed E-state index contributed by atoms with van der Waals surface area (Å²) in [6.07, 6.45) is 1.85. The van der Waals surface area contributed by atoms with Crippen molar-refractivity contribution >= 4 is 28.6 Å². The quantitative estimate of drug-likeness (QED) is 0.747. The van der Waals surface area contributed by atoms with E-state index in [0.717, 1.165) is 18.4 Å². The van der Waals surface area contributed by atoms with E-state index >= 15 is 0 Å². The molecule has 26 heavy (non-hydrogen) atoms. The summed E-state index contributed by atoms with van der Waals surface area (Å²) in [7, 11) is 0. The molecule has 3 aromatic rings. The molecule has 1 saturated heterocycles. The van der Waals surface area contributed by atoms with Gasteiger partial charge in [0.05, 0.1) is 22.3 Å². The molecule has 0 bridgehead atoms. The minimum Gasteiger partial charge on any atom is -0.337 e. The van der Waals surface area contributed by atoms with E-state index in [1.165, 1.54) is 0 Å². The fourth-order valence-corrected chi connectivity index (χ4v) is 3.61. The smallest absolute Gasteiger partial charge is 0.259 e. The third kappa shape index (κ3) is 3.06. The first-order valence-electron chi connectivity index (χ1n) is 8.61. The lowest BCUT2D eigenvalue weighted by atomic mass is 10.0. The first-order chi connectivity index (χ1) is 12.5. The number of likely N-dealkylation sites (tertiary alicyclic amines) is 1. The average Bonchev–Trinajstić information content (AvgIpc) is 3.01. The number of benzene rings is 1. The Bertz CT molecular complexity index is 985. The van der Waals surface area contributed by atoms with Crippen LogP contribution < -0.4 is 5.73 Å². The number of pyridine rings is 1. The number of carbonyl (C=O) groups excluding carboxylic acids is 1. The van der Waals surface area contributed by atoms with E-state index in [-0.39, 0.29) is 11.9 Å². The zero-order valence-electron chi connectivity index (χ0n) is 14.4. The normalized spacial score (nSPS) is 17.7. The molecule has 0 spiro atoms. The Balaban J connectivity index is 1.84. The molecule has 7 heteroatoms. The number of rotatable bonds is 2. The Morgan fingerprint density at radius 3 is 3.00 bits per heavy atom. The van der Waals surface area contributed by atoms with Crippen molar-refractivity contribution in [3.8, 4) is 11.3 Å². The standard InChI is InChI=1S/C19H19ClN4O2/c1-11-17-15(19(25)24-7-3-6-14(21)10-24)9-16(22-18(17)26-23-11)12-4-2-5-13(20)8-12/h2,4-5,8-9,14H,3,6-7,10,21H2,1H3/t14-/m0/s1. The van der Waals surface area contributed by atoms with E-state index in [1.54, 1.807) is 17.0 Å². The van der Waals surface area contributed by atoms with Gasteiger partial charge < -0.3 is 15.2 Å². The second-order valence-electron chi connectivity index (χ2n) is 6.67. The van der Waals surface area contributed by atoms with Crippen LogP contribution in [0.1, 0.15) is 28.9 Å². The molecule has 2 N–H and O–H groups in total. The van der Waals surface area contributed by atoms with Crippen molar-refractivity contribution in [2.45, 2.75) is 25.8 Å². The van der Waals surface area contributed by atoms with Crippen molar-refractivity contribution in [2.24, 2.45) is 5.73 Å². The van der Waals surface area contributed by atoms with Gasteiger partial charge in [-0.2, -0.15) is 0 Å². The SMILES string of the molecule is Cc1noc2nc(-c3cccc(Cl)c3)cc(C(=O)N3CCC[C@H](N)C3)c12. The van der Waals surface area contributed by atoms with Gasteiger partial charge >= 0.3 is 0 Å². The van der Waals surface area contributed by atoms with Gasteiger partial charge in [0.1, 0.15) is 0 Å². The molecule has 0 aliphatic carbocycles. The number of hydrogen-bond donors (Lipinski definition) is 1. The third-order valence-electron chi connectivity index (χ3n) is 4.71. The van der Waals surface area contributed by atoms with E-state index in [9.17, 15) is 4.79 Å². The monoisotopic (exact) mass is 370 g/mol. The van der Waals surface area contributed by atoms with Crippen LogP contribution in [0.3, 0.4) is 0 Å². The molecular formula is C19H19ClN4O2. The summed E-state index contributed by atoms with van der Waals surface area (Å²) in [5.41, 5.74) is 9.03. The van der Waals surface area contributed by atoms with Gasteiger partial charge in [-0.3, -0.25) is 4.79 Å². The molecule has 2 aromatic heterocycles. The van der Waals surface area contributed by atoms with E-state index in [4.69, 9.17) is 21.9 Å². The first-order valence-corrected chi connectivity index (χ1v) is 8.98. The van der Waals surface area contributed by atoms with Gasteiger partial charge in [0.15, 0.2) is 0 Å². The summed E-state index contributed by atoms with van der Waals surface area (Å²) in [6.45, 7) is 3.07. The van der Waals surface area contributed by atoms with Crippen LogP contribution in [0.15, 0.2) is 34.9 Å². The second-order valence-corrected chi connectivity index (χ2v) is 7.10. The number of hydrogen-bond acceptors (Lipinski definition) is 5. The van der Waals surface area contributed by atoms with Crippen LogP contribution in [0, 0.1) is 6.92 Å². The Hall–Kier alpha value is -2.44. The van der Waals surface area contributed by atoms with E-state index in [1.807, 2.05) is 25.1 Å². The molecule has 0 saturated carbocycles. The lowest BCUT2D eigenvalue weighted by molar-refractivity contribution is 0.0710. The highest BCUT2D eigenvalue weighted by Crippen LogP contribution is 2.29. The summed E-state index contributed by atoms with van der Waals surface area (Å²) in [5.74, 6) is -0.0675. The van der Waals surface area contributed by atoms with Crippen LogP contribution in [-0.2, 0) is 0 Å². The summed E-state index contributed by atoms with van der Waals surface area (Å²) in [6, 6.07) is 9.16. The van der Waals surface area contributed by atoms with Gasteiger partial charge in [-0.1, -0.05) is 28.9 Å². The average molecular weight is 371 g/mol. The molecule has 0 unspecified atom stereocenters. The molecule has 3 heterocycles. The molecule has 4 rings (SSSR count). The van der Waals surface area contributed by atoms with Crippen LogP contribution >= 0.6 is 11.6 Å². The van der Waals surface area contributed by atoms with Gasteiger partial charge in [0, 0.05) is 29.7 Å². The first kappa shape index (κ1) is 17.0. The fraction of sp³-hybridized carbons (Fsp3) is 0.316. The Labute approximate surface area is 155 Å². The number of aromatic nitrogens is 2. The van der Waals surface area contributed by atoms with E-state index < -0.39 is 0 Å². The molecule has 1 aromatic carbocycles. The number of halogens is 1. The summed E-state index contributed by atoms with van der Waals surface area (Å²) in [4.78, 5) is 19.5. The zero-order valence-corrected chi connectivity index (χ0v) is 15.2. The van der Waals surface area contributed by atoms with Gasteiger partial charge in [-0.15, -0.1) is 0 Å². The molecule has 1 aliphatic rings. The van der Waals surface area contributed by atoms with Crippen molar-refractivity contribution in [3.63, 3.8) is 0 Å². The number of amides is 1. The number of piperidine rings is 1. The number of nitrogens with two attached hydrogens (primary N) is 1. The highest BCUT2D eigenvalue weighted by molar-refractivity contribution is 6.30. The molecule has 0 radical (unpaired) electrons. The maximum atomic E-state index is 13.2. The van der Waals surface area contributed by atoms with Crippen molar-refractivity contribution in [3.05, 3.63) is 46.6 Å². The van der Waals surface area contributed by atoms with Crippen LogP contribution in [-0.4, -0.2) is 40.1 Å². The summed E-state index contributed by atoms with van der Waals surface area (Å²) in [5, 5.41) is 5.25. The molecule has 134 valence electrons. The maximum absolute atomic E-state index is 13.2. The van der Waals surface area contributed by atoms with Gasteiger partial charge in [-0.25, -0.2) is 4.98 Å². The Kier molecular flexibility index (Phi) is 4.38. The molecule has 1 fully saturated rings. The van der Waals surface area contributed by atoms with Crippen molar-refractivity contribution in [2.75, 3.05) is 13.1 Å². The van der Waals surface area contributed by atoms with Crippen molar-refractivity contribution in [1.82, 2.24) is 15.0 Å². The number of nitrogens with zero attached hydrogens (tertiary/aromatic N) is 3. The van der Waals surface area contributed by atoms with Gasteiger partial charge in [0.2, 0.25) is 0 Å². The Morgan fingerprint density at radius 2 is 2.23 bits per heavy atom. The van der Waals surface area contributed by atoms with Crippen molar-refractivity contribution in [1.29, 1.82) is 0 Å². The number of carbonyl (C=O) groups is 1. The predicted molar refractivity (Wildman–Crippen MR) is 100 cm³/mol. The van der Waals surface area contributed by atoms with E-state index in [2.05, 4.69) is 10.1 Å². The van der Waals surface area contributed by atoms with E-state index in [0.29, 0.717) is 46.2 Å². The fourth-order valence-electron chi connectivity index (χ4n) is 3.42. The predicted octanol–water partition coefficient (Wildman–Crippen LogP) is 3.41. The molecule has 1 atom stereocenters. The van der Waals surface area contributed by atoms with Crippen molar-refractivity contribution < 1.29 is 9.32 Å². The van der Waals surface area contributed by atoms with Crippen LogP contribution in [0.4, 0.5) is 0 Å². The van der Waals surface area contributed by atoms with Gasteiger partial charge in [0.25, 0.3) is 11.6 Å². The highest BCUT2D eigenvalue weighted by Gasteiger charge is 2.26. The van der Waals surface area contributed by atoms with Gasteiger partial charge in [-0.05, 0) is 38.0 Å². The van der Waals surface area contributed by atoms with Crippen LogP contribution in [0.25, 0.3) is 22.4 Å². The largest absolute Gasteiger partial charge is 0.337 e. The maximum Gasteiger partial charge on any atom is 0.259 e. The Morgan fingerprint density at radius 1 is 1.38 bits per heavy atom. The van der Waals surface area contributed by atoms with Crippen LogP contribution in [0.5, 0.6) is 0 Å². The highest BCUT2D eigenvalue weighted by atomic mass is 35.5. The topological polar surface area (TPSA) is 85.2 Å². The third-order valence-corrected chi connectivity index (χ3v) is 4.95. The summed E-state index contributed by atoms with van der Waals surface area (Å²) >= 11 is 6.10. The molecule has 1 amide bonds. The molecular weight excluding hydrogens is 352 g/mol. The lowest BCUT2D eigenvalue weighted by Crippen LogP contribution is -2.45. The minimum atomic E-state index is -0.0675. The molecule has 1 aliphatic heterocycles. The minimum absolute atomic E-state index is 0.0148. The lowest BCUT2D eigenvalue weighted by Gasteiger charge is -2.31. The summed E-state index contributed by atoms with van der Waals surface area (Å²) < 4.78 is 5.35.